The molecule has 176 valence electrons. The predicted molar refractivity (Wildman–Crippen MR) is 129 cm³/mol. The number of nitrogens with one attached hydrogen (secondary N) is 3. The summed E-state index contributed by atoms with van der Waals surface area (Å²) in [4.78, 5) is 34.5. The van der Waals surface area contributed by atoms with Crippen LogP contribution >= 0.6 is 11.6 Å². The third-order valence-corrected chi connectivity index (χ3v) is 5.59. The van der Waals surface area contributed by atoms with Crippen molar-refractivity contribution >= 4 is 46.7 Å². The molecule has 5 N–H and O–H groups in total. The molecule has 1 fully saturated rings. The first-order valence-electron chi connectivity index (χ1n) is 10.7. The van der Waals surface area contributed by atoms with Crippen molar-refractivity contribution < 1.29 is 14.0 Å². The fraction of sp³-hybridized carbons (Fsp3) is 0.217. The van der Waals surface area contributed by atoms with Crippen molar-refractivity contribution in [2.45, 2.75) is 19.4 Å². The summed E-state index contributed by atoms with van der Waals surface area (Å²) < 4.78 is 13.5. The van der Waals surface area contributed by atoms with Crippen molar-refractivity contribution in [1.82, 2.24) is 14.9 Å². The van der Waals surface area contributed by atoms with E-state index in [1.807, 2.05) is 0 Å². The van der Waals surface area contributed by atoms with Gasteiger partial charge in [-0.05, 0) is 48.7 Å². The number of benzene rings is 2. The number of aromatic nitrogens is 2. The summed E-state index contributed by atoms with van der Waals surface area (Å²) in [5, 5.41) is 9.25. The van der Waals surface area contributed by atoms with Crippen LogP contribution in [0.1, 0.15) is 28.8 Å². The molecule has 4 rings (SSSR count). The SMILES string of the molecule is NC(=O)c1cnc(Nc2ccc(Cl)c(NC(=O)N3CCCC3)c2)nc1NCc1cccc(F)c1. The summed E-state index contributed by atoms with van der Waals surface area (Å²) in [6.45, 7) is 1.65. The number of nitrogens with two attached hydrogens (primary N) is 1. The van der Waals surface area contributed by atoms with E-state index in [2.05, 4.69) is 25.9 Å². The first-order chi connectivity index (χ1) is 16.4. The third-order valence-electron chi connectivity index (χ3n) is 5.26. The lowest BCUT2D eigenvalue weighted by Gasteiger charge is -2.17. The Morgan fingerprint density at radius 3 is 2.68 bits per heavy atom. The maximum Gasteiger partial charge on any atom is 0.321 e. The molecule has 0 spiro atoms. The van der Waals surface area contributed by atoms with Crippen LogP contribution in [0, 0.1) is 5.82 Å². The predicted octanol–water partition coefficient (Wildman–Crippen LogP) is 4.35. The standard InChI is InChI=1S/C23H23ClFN7O2/c24-18-7-6-16(11-19(18)30-23(34)32-8-1-2-9-32)29-22-28-13-17(20(26)33)21(31-22)27-12-14-4-3-5-15(25)10-14/h3-7,10-11,13H,1-2,8-9,12H2,(H2,26,33)(H,30,34)(H2,27,28,29,31). The van der Waals surface area contributed by atoms with Crippen LogP contribution in [0.15, 0.2) is 48.7 Å². The van der Waals surface area contributed by atoms with E-state index in [-0.39, 0.29) is 35.7 Å². The lowest BCUT2D eigenvalue weighted by Crippen LogP contribution is -2.32. The number of urea groups is 1. The maximum atomic E-state index is 13.5. The molecule has 1 aromatic heterocycles. The second kappa shape index (κ2) is 10.3. The average Bonchev–Trinajstić information content (AvgIpc) is 3.35. The molecule has 1 aliphatic rings. The minimum atomic E-state index is -0.702. The molecule has 0 bridgehead atoms. The van der Waals surface area contributed by atoms with Gasteiger partial charge < -0.3 is 26.6 Å². The summed E-state index contributed by atoms with van der Waals surface area (Å²) in [6.07, 6.45) is 3.27. The van der Waals surface area contributed by atoms with Gasteiger partial charge in [0, 0.05) is 31.5 Å². The molecule has 2 aromatic carbocycles. The molecular weight excluding hydrogens is 461 g/mol. The summed E-state index contributed by atoms with van der Waals surface area (Å²) in [6, 6.07) is 10.9. The highest BCUT2D eigenvalue weighted by Crippen LogP contribution is 2.28. The Morgan fingerprint density at radius 2 is 1.94 bits per heavy atom. The fourth-order valence-electron chi connectivity index (χ4n) is 3.53. The molecule has 1 aliphatic heterocycles. The number of carbonyl (C=O) groups excluding carboxylic acids is 2. The lowest BCUT2D eigenvalue weighted by molar-refractivity contribution is 0.100. The average molecular weight is 484 g/mol. The van der Waals surface area contributed by atoms with Gasteiger partial charge in [-0.15, -0.1) is 0 Å². The molecule has 2 heterocycles. The second-order valence-electron chi connectivity index (χ2n) is 7.75. The van der Waals surface area contributed by atoms with Crippen molar-refractivity contribution in [1.29, 1.82) is 0 Å². The molecule has 9 nitrogen and oxygen atoms in total. The first-order valence-corrected chi connectivity index (χ1v) is 11.0. The highest BCUT2D eigenvalue weighted by Gasteiger charge is 2.19. The highest BCUT2D eigenvalue weighted by molar-refractivity contribution is 6.33. The smallest absolute Gasteiger partial charge is 0.321 e. The Balaban J connectivity index is 1.51. The molecule has 1 saturated heterocycles. The Labute approximate surface area is 200 Å². The van der Waals surface area contributed by atoms with Crippen molar-refractivity contribution in [3.63, 3.8) is 0 Å². The molecule has 0 unspecified atom stereocenters. The number of hydrogen-bond donors (Lipinski definition) is 4. The molecule has 0 radical (unpaired) electrons. The number of nitrogens with zero attached hydrogens (tertiary/aromatic N) is 3. The monoisotopic (exact) mass is 483 g/mol. The van der Waals surface area contributed by atoms with E-state index in [1.54, 1.807) is 35.2 Å². The van der Waals surface area contributed by atoms with Gasteiger partial charge in [0.25, 0.3) is 5.91 Å². The molecule has 0 saturated carbocycles. The maximum absolute atomic E-state index is 13.5. The van der Waals surface area contributed by atoms with Crippen LogP contribution in [0.5, 0.6) is 0 Å². The number of rotatable bonds is 7. The number of carbonyl (C=O) groups is 2. The van der Waals surface area contributed by atoms with E-state index >= 15 is 0 Å². The largest absolute Gasteiger partial charge is 0.365 e. The Bertz CT molecular complexity index is 1220. The number of amides is 3. The van der Waals surface area contributed by atoms with Crippen LogP contribution in [0.3, 0.4) is 0 Å². The van der Waals surface area contributed by atoms with Crippen molar-refractivity contribution in [2.75, 3.05) is 29.0 Å². The van der Waals surface area contributed by atoms with Gasteiger partial charge in [-0.1, -0.05) is 23.7 Å². The fourth-order valence-corrected chi connectivity index (χ4v) is 3.70. The quantitative estimate of drug-likeness (QED) is 0.396. The third kappa shape index (κ3) is 5.70. The van der Waals surface area contributed by atoms with Crippen LogP contribution in [0.25, 0.3) is 0 Å². The molecule has 34 heavy (non-hydrogen) atoms. The van der Waals surface area contributed by atoms with Crippen molar-refractivity contribution in [3.8, 4) is 0 Å². The lowest BCUT2D eigenvalue weighted by atomic mass is 10.2. The van der Waals surface area contributed by atoms with Crippen LogP contribution in [0.2, 0.25) is 5.02 Å². The molecule has 0 atom stereocenters. The van der Waals surface area contributed by atoms with Gasteiger partial charge in [-0.2, -0.15) is 4.98 Å². The molecule has 3 aromatic rings. The molecule has 0 aliphatic carbocycles. The van der Waals surface area contributed by atoms with Gasteiger partial charge in [0.1, 0.15) is 11.6 Å². The zero-order valence-electron chi connectivity index (χ0n) is 18.1. The van der Waals surface area contributed by atoms with E-state index in [9.17, 15) is 14.0 Å². The minimum absolute atomic E-state index is 0.0941. The van der Waals surface area contributed by atoms with E-state index in [1.165, 1.54) is 18.3 Å². The van der Waals surface area contributed by atoms with Crippen LogP contribution in [0.4, 0.5) is 32.3 Å². The number of likely N-dealkylation sites (tertiary alicyclic amines) is 1. The normalized spacial score (nSPS) is 12.9. The van der Waals surface area contributed by atoms with Gasteiger partial charge in [-0.3, -0.25) is 4.79 Å². The van der Waals surface area contributed by atoms with E-state index in [0.29, 0.717) is 35.1 Å². The summed E-state index contributed by atoms with van der Waals surface area (Å²) in [5.74, 6) is -0.682. The van der Waals surface area contributed by atoms with Gasteiger partial charge in [0.15, 0.2) is 0 Å². The van der Waals surface area contributed by atoms with Crippen LogP contribution in [-0.2, 0) is 6.54 Å². The highest BCUT2D eigenvalue weighted by atomic mass is 35.5. The number of primary amides is 1. The van der Waals surface area contributed by atoms with Crippen molar-refractivity contribution in [3.05, 3.63) is 70.6 Å². The van der Waals surface area contributed by atoms with Gasteiger partial charge >= 0.3 is 6.03 Å². The van der Waals surface area contributed by atoms with Gasteiger partial charge in [0.2, 0.25) is 5.95 Å². The zero-order valence-corrected chi connectivity index (χ0v) is 18.9. The molecule has 3 amide bonds. The Hall–Kier alpha value is -3.92. The Morgan fingerprint density at radius 1 is 1.15 bits per heavy atom. The summed E-state index contributed by atoms with van der Waals surface area (Å²) in [7, 11) is 0. The van der Waals surface area contributed by atoms with Crippen LogP contribution in [-0.4, -0.2) is 39.9 Å². The van der Waals surface area contributed by atoms with Crippen LogP contribution < -0.4 is 21.7 Å². The number of halogens is 2. The topological polar surface area (TPSA) is 125 Å². The van der Waals surface area contributed by atoms with Gasteiger partial charge in [0.05, 0.1) is 16.3 Å². The van der Waals surface area contributed by atoms with E-state index in [4.69, 9.17) is 17.3 Å². The number of anilines is 4. The van der Waals surface area contributed by atoms with Gasteiger partial charge in [-0.25, -0.2) is 14.2 Å². The van der Waals surface area contributed by atoms with E-state index < -0.39 is 5.91 Å². The molecule has 11 heteroatoms. The second-order valence-corrected chi connectivity index (χ2v) is 8.15. The minimum Gasteiger partial charge on any atom is -0.365 e. The number of hydrogen-bond acceptors (Lipinski definition) is 6. The summed E-state index contributed by atoms with van der Waals surface area (Å²) >= 11 is 6.26. The first kappa shape index (κ1) is 23.2. The summed E-state index contributed by atoms with van der Waals surface area (Å²) in [5.41, 5.74) is 7.23. The zero-order chi connectivity index (χ0) is 24.1. The molecular formula is C23H23ClFN7O2. The van der Waals surface area contributed by atoms with Crippen molar-refractivity contribution in [2.24, 2.45) is 5.73 Å². The van der Waals surface area contributed by atoms with E-state index in [0.717, 1.165) is 12.8 Å². The Kier molecular flexibility index (Phi) is 7.07.